The molecule has 1 N–H and O–H groups in total. The number of halogens is 1. The summed E-state index contributed by atoms with van der Waals surface area (Å²) in [5.41, 5.74) is 3.64. The Bertz CT molecular complexity index is 973. The molecule has 36 heavy (non-hydrogen) atoms. The van der Waals surface area contributed by atoms with E-state index in [1.54, 1.807) is 17.0 Å². The Labute approximate surface area is 227 Å². The summed E-state index contributed by atoms with van der Waals surface area (Å²) in [5, 5.41) is 2.97. The van der Waals surface area contributed by atoms with E-state index < -0.39 is 0 Å². The molecule has 2 amide bonds. The summed E-state index contributed by atoms with van der Waals surface area (Å²) in [6, 6.07) is 10.2. The first-order valence-corrected chi connectivity index (χ1v) is 14.7. The van der Waals surface area contributed by atoms with Gasteiger partial charge in [-0.1, -0.05) is 64.6 Å². The van der Waals surface area contributed by atoms with E-state index in [1.807, 2.05) is 19.9 Å². The highest BCUT2D eigenvalue weighted by molar-refractivity contribution is 7.18. The number of hydrogen-bond donors (Lipinski definition) is 1. The molecule has 0 radical (unpaired) electrons. The molecule has 2 aromatic rings. The van der Waals surface area contributed by atoms with Crippen molar-refractivity contribution in [3.8, 4) is 0 Å². The predicted octanol–water partition coefficient (Wildman–Crippen LogP) is 6.97. The van der Waals surface area contributed by atoms with Gasteiger partial charge in [0.05, 0.1) is 15.3 Å². The molecule has 1 fully saturated rings. The van der Waals surface area contributed by atoms with Gasteiger partial charge in [-0.05, 0) is 62.1 Å². The van der Waals surface area contributed by atoms with Crippen molar-refractivity contribution in [3.63, 3.8) is 0 Å². The van der Waals surface area contributed by atoms with Crippen molar-refractivity contribution in [3.05, 3.63) is 50.7 Å². The van der Waals surface area contributed by atoms with Crippen LogP contribution in [0.1, 0.15) is 88.0 Å². The largest absolute Gasteiger partial charge is 0.346 e. The first kappa shape index (κ1) is 30.3. The monoisotopic (exact) mass is 533 g/mol. The Hall–Kier alpha value is -1.89. The van der Waals surface area contributed by atoms with E-state index in [0.29, 0.717) is 28.2 Å². The zero-order valence-corrected chi connectivity index (χ0v) is 24.5. The van der Waals surface area contributed by atoms with Crippen molar-refractivity contribution in [2.45, 2.75) is 92.2 Å². The molecule has 1 unspecified atom stereocenters. The highest BCUT2D eigenvalue weighted by atomic mass is 35.5. The van der Waals surface area contributed by atoms with Gasteiger partial charge in [-0.25, -0.2) is 0 Å². The second kappa shape index (κ2) is 15.4. The molecule has 1 aromatic carbocycles. The normalized spacial score (nSPS) is 17.5. The summed E-state index contributed by atoms with van der Waals surface area (Å²) >= 11 is 7.16. The minimum atomic E-state index is -0.189. The lowest BCUT2D eigenvalue weighted by Gasteiger charge is -2.23. The van der Waals surface area contributed by atoms with Gasteiger partial charge in [-0.2, -0.15) is 0 Å². The van der Waals surface area contributed by atoms with Crippen molar-refractivity contribution in [1.29, 1.82) is 0 Å². The van der Waals surface area contributed by atoms with Gasteiger partial charge in [0.1, 0.15) is 0 Å². The Kier molecular flexibility index (Phi) is 13.0. The lowest BCUT2D eigenvalue weighted by atomic mass is 10.0. The SMILES string of the molecule is CC.CC(C)N1CCc2ccc(N3CC(NC(=O)c4ccc(Cl)s4)CC3=O)cc2CC1.CCCCC. The number of carbonyl (C=O) groups is 2. The van der Waals surface area contributed by atoms with Crippen LogP contribution >= 0.6 is 22.9 Å². The van der Waals surface area contributed by atoms with Crippen LogP contribution in [0, 0.1) is 0 Å². The predicted molar refractivity (Wildman–Crippen MR) is 155 cm³/mol. The van der Waals surface area contributed by atoms with Crippen LogP contribution < -0.4 is 10.2 Å². The number of nitrogens with zero attached hydrogens (tertiary/aromatic N) is 2. The number of carbonyl (C=O) groups excluding carboxylic acids is 2. The zero-order valence-electron chi connectivity index (χ0n) is 22.9. The molecule has 1 aromatic heterocycles. The molecule has 1 atom stereocenters. The van der Waals surface area contributed by atoms with E-state index >= 15 is 0 Å². The number of fused-ring (bicyclic) bond motifs is 1. The lowest BCUT2D eigenvalue weighted by molar-refractivity contribution is -0.117. The third-order valence-corrected chi connectivity index (χ3v) is 7.76. The van der Waals surface area contributed by atoms with E-state index in [1.165, 1.54) is 41.7 Å². The van der Waals surface area contributed by atoms with E-state index in [4.69, 9.17) is 11.6 Å². The van der Waals surface area contributed by atoms with Crippen LogP contribution in [-0.4, -0.2) is 48.4 Å². The number of rotatable bonds is 6. The third-order valence-electron chi connectivity index (χ3n) is 6.53. The van der Waals surface area contributed by atoms with E-state index in [9.17, 15) is 9.59 Å². The smallest absolute Gasteiger partial charge is 0.261 e. The summed E-state index contributed by atoms with van der Waals surface area (Å²) in [6.45, 7) is 15.5. The average Bonchev–Trinajstić information content (AvgIpc) is 3.39. The molecular weight excluding hydrogens is 490 g/mol. The molecule has 0 spiro atoms. The Morgan fingerprint density at radius 1 is 1.08 bits per heavy atom. The van der Waals surface area contributed by atoms with Gasteiger partial charge in [0, 0.05) is 37.8 Å². The third kappa shape index (κ3) is 8.60. The van der Waals surface area contributed by atoms with E-state index in [2.05, 4.69) is 50.0 Å². The van der Waals surface area contributed by atoms with Gasteiger partial charge in [-0.3, -0.25) is 9.59 Å². The molecule has 2 aliphatic heterocycles. The fraction of sp³-hybridized carbons (Fsp3) is 0.586. The van der Waals surface area contributed by atoms with E-state index in [0.717, 1.165) is 31.6 Å². The molecule has 7 heteroatoms. The van der Waals surface area contributed by atoms with Gasteiger partial charge < -0.3 is 15.1 Å². The molecule has 5 nitrogen and oxygen atoms in total. The fourth-order valence-corrected chi connectivity index (χ4v) is 5.46. The Morgan fingerprint density at radius 3 is 2.31 bits per heavy atom. The number of nitrogens with one attached hydrogen (secondary N) is 1. The molecule has 0 saturated carbocycles. The van der Waals surface area contributed by atoms with Crippen molar-refractivity contribution in [2.24, 2.45) is 0 Å². The molecule has 0 bridgehead atoms. The topological polar surface area (TPSA) is 52.6 Å². The number of hydrogen-bond acceptors (Lipinski definition) is 4. The maximum atomic E-state index is 12.6. The highest BCUT2D eigenvalue weighted by Crippen LogP contribution is 2.27. The standard InChI is InChI=1S/C22H26ClN3O2S.C5H12.C2H6/c1-14(2)25-9-7-15-3-4-18(11-16(15)8-10-25)26-13-17(12-21(26)27)24-22(28)19-5-6-20(23)29-19;1-3-5-4-2;1-2/h3-6,11,14,17H,7-10,12-13H2,1-2H3,(H,24,28);3-5H2,1-2H3;1-2H3. The van der Waals surface area contributed by atoms with Crippen LogP contribution in [0.2, 0.25) is 4.34 Å². The summed E-state index contributed by atoms with van der Waals surface area (Å²) in [5.74, 6) is -0.117. The fourth-order valence-electron chi connectivity index (χ4n) is 4.51. The van der Waals surface area contributed by atoms with Crippen LogP contribution in [-0.2, 0) is 17.6 Å². The van der Waals surface area contributed by atoms with Gasteiger partial charge in [0.25, 0.3) is 5.91 Å². The molecule has 200 valence electrons. The van der Waals surface area contributed by atoms with Crippen LogP contribution in [0.25, 0.3) is 0 Å². The average molecular weight is 534 g/mol. The molecular formula is C29H44ClN3O2S. The minimum absolute atomic E-state index is 0.0527. The summed E-state index contributed by atoms with van der Waals surface area (Å²) < 4.78 is 0.584. The molecule has 3 heterocycles. The van der Waals surface area contributed by atoms with Gasteiger partial charge in [0.15, 0.2) is 0 Å². The molecule has 1 saturated heterocycles. The number of thiophene rings is 1. The van der Waals surface area contributed by atoms with Gasteiger partial charge in [0.2, 0.25) is 5.91 Å². The minimum Gasteiger partial charge on any atom is -0.346 e. The maximum Gasteiger partial charge on any atom is 0.261 e. The van der Waals surface area contributed by atoms with Crippen molar-refractivity contribution < 1.29 is 9.59 Å². The first-order chi connectivity index (χ1) is 17.3. The Balaban J connectivity index is 0.000000583. The number of anilines is 1. The molecule has 0 aliphatic carbocycles. The summed E-state index contributed by atoms with van der Waals surface area (Å²) in [7, 11) is 0. The highest BCUT2D eigenvalue weighted by Gasteiger charge is 2.32. The van der Waals surface area contributed by atoms with E-state index in [-0.39, 0.29) is 17.9 Å². The first-order valence-electron chi connectivity index (χ1n) is 13.5. The van der Waals surface area contributed by atoms with Crippen LogP contribution in [0.4, 0.5) is 5.69 Å². The maximum absolute atomic E-state index is 12.6. The second-order valence-electron chi connectivity index (χ2n) is 9.42. The summed E-state index contributed by atoms with van der Waals surface area (Å²) in [6.07, 6.45) is 6.45. The van der Waals surface area contributed by atoms with Gasteiger partial charge in [-0.15, -0.1) is 11.3 Å². The van der Waals surface area contributed by atoms with Crippen molar-refractivity contribution >= 4 is 40.4 Å². The number of unbranched alkanes of at least 4 members (excludes halogenated alkanes) is 2. The summed E-state index contributed by atoms with van der Waals surface area (Å²) in [4.78, 5) is 29.9. The number of benzene rings is 1. The number of amides is 2. The Morgan fingerprint density at radius 2 is 1.75 bits per heavy atom. The molecule has 2 aliphatic rings. The van der Waals surface area contributed by atoms with Crippen LogP contribution in [0.5, 0.6) is 0 Å². The van der Waals surface area contributed by atoms with Crippen LogP contribution in [0.15, 0.2) is 30.3 Å². The second-order valence-corrected chi connectivity index (χ2v) is 11.1. The quantitative estimate of drug-likeness (QED) is 0.436. The van der Waals surface area contributed by atoms with Gasteiger partial charge >= 0.3 is 0 Å². The molecule has 4 rings (SSSR count). The zero-order chi connectivity index (χ0) is 26.7. The van der Waals surface area contributed by atoms with Crippen molar-refractivity contribution in [1.82, 2.24) is 10.2 Å². The van der Waals surface area contributed by atoms with Crippen LogP contribution in [0.3, 0.4) is 0 Å². The lowest BCUT2D eigenvalue weighted by Crippen LogP contribution is -2.36. The van der Waals surface area contributed by atoms with Crippen molar-refractivity contribution in [2.75, 3.05) is 24.5 Å².